The highest BCUT2D eigenvalue weighted by Gasteiger charge is 2.20. The minimum absolute atomic E-state index is 0.155. The van der Waals surface area contributed by atoms with Crippen molar-refractivity contribution in [2.24, 2.45) is 5.73 Å². The van der Waals surface area contributed by atoms with E-state index in [1.165, 1.54) is 4.90 Å². The lowest BCUT2D eigenvalue weighted by Gasteiger charge is -2.26. The first-order valence-electron chi connectivity index (χ1n) is 3.97. The van der Waals surface area contributed by atoms with E-state index in [2.05, 4.69) is 0 Å². The summed E-state index contributed by atoms with van der Waals surface area (Å²) < 4.78 is 0. The topological polar surface area (TPSA) is 66.6 Å². The Balaban J connectivity index is 4.05. The fourth-order valence-corrected chi connectivity index (χ4v) is 1.01. The smallest absolute Gasteiger partial charge is 0.239 e. The van der Waals surface area contributed by atoms with Gasteiger partial charge in [0.2, 0.25) is 5.91 Å². The maximum absolute atomic E-state index is 11.2. The SMILES string of the molecule is C[C@H](N)C(=O)N(C)CC(C)(C)O. The van der Waals surface area contributed by atoms with Crippen molar-refractivity contribution in [3.8, 4) is 0 Å². The monoisotopic (exact) mass is 174 g/mol. The number of amides is 1. The molecule has 0 aliphatic carbocycles. The van der Waals surface area contributed by atoms with Gasteiger partial charge in [0, 0.05) is 13.6 Å². The Morgan fingerprint density at radius 3 is 2.33 bits per heavy atom. The molecule has 0 aromatic heterocycles. The van der Waals surface area contributed by atoms with Crippen LogP contribution in [0.15, 0.2) is 0 Å². The summed E-state index contributed by atoms with van der Waals surface area (Å²) in [6.07, 6.45) is 0. The van der Waals surface area contributed by atoms with Gasteiger partial charge in [0.25, 0.3) is 0 Å². The van der Waals surface area contributed by atoms with Crippen molar-refractivity contribution in [3.63, 3.8) is 0 Å². The van der Waals surface area contributed by atoms with Crippen LogP contribution in [0.2, 0.25) is 0 Å². The van der Waals surface area contributed by atoms with Crippen LogP contribution in [0.5, 0.6) is 0 Å². The minimum Gasteiger partial charge on any atom is -0.389 e. The lowest BCUT2D eigenvalue weighted by atomic mass is 10.1. The molecule has 0 bridgehead atoms. The van der Waals surface area contributed by atoms with Crippen LogP contribution in [0.1, 0.15) is 20.8 Å². The second-order valence-electron chi connectivity index (χ2n) is 3.80. The zero-order valence-corrected chi connectivity index (χ0v) is 8.16. The predicted molar refractivity (Wildman–Crippen MR) is 47.6 cm³/mol. The highest BCUT2D eigenvalue weighted by atomic mass is 16.3. The van der Waals surface area contributed by atoms with Crippen LogP contribution in [0.25, 0.3) is 0 Å². The van der Waals surface area contributed by atoms with Crippen molar-refractivity contribution in [2.75, 3.05) is 13.6 Å². The Kier molecular flexibility index (Phi) is 3.67. The van der Waals surface area contributed by atoms with Gasteiger partial charge >= 0.3 is 0 Å². The van der Waals surface area contributed by atoms with Gasteiger partial charge in [-0.15, -0.1) is 0 Å². The van der Waals surface area contributed by atoms with E-state index in [9.17, 15) is 9.90 Å². The van der Waals surface area contributed by atoms with Crippen molar-refractivity contribution in [1.82, 2.24) is 4.90 Å². The van der Waals surface area contributed by atoms with Crippen LogP contribution in [0.3, 0.4) is 0 Å². The fourth-order valence-electron chi connectivity index (χ4n) is 1.01. The number of carbonyl (C=O) groups excluding carboxylic acids is 1. The molecule has 0 aromatic carbocycles. The van der Waals surface area contributed by atoms with Crippen molar-refractivity contribution < 1.29 is 9.90 Å². The van der Waals surface area contributed by atoms with Gasteiger partial charge in [0.1, 0.15) is 0 Å². The molecule has 12 heavy (non-hydrogen) atoms. The third-order valence-electron chi connectivity index (χ3n) is 1.39. The van der Waals surface area contributed by atoms with E-state index >= 15 is 0 Å². The van der Waals surface area contributed by atoms with E-state index in [1.807, 2.05) is 0 Å². The molecule has 72 valence electrons. The van der Waals surface area contributed by atoms with Gasteiger partial charge in [-0.2, -0.15) is 0 Å². The highest BCUT2D eigenvalue weighted by molar-refractivity contribution is 5.80. The summed E-state index contributed by atoms with van der Waals surface area (Å²) in [4.78, 5) is 12.6. The number of nitrogens with zero attached hydrogens (tertiary/aromatic N) is 1. The number of carbonyl (C=O) groups is 1. The van der Waals surface area contributed by atoms with E-state index in [4.69, 9.17) is 5.73 Å². The number of hydrogen-bond acceptors (Lipinski definition) is 3. The van der Waals surface area contributed by atoms with E-state index in [-0.39, 0.29) is 5.91 Å². The molecule has 0 aliphatic heterocycles. The van der Waals surface area contributed by atoms with Crippen LogP contribution in [0, 0.1) is 0 Å². The normalized spacial score (nSPS) is 14.2. The summed E-state index contributed by atoms with van der Waals surface area (Å²) in [5.41, 5.74) is 4.52. The van der Waals surface area contributed by atoms with E-state index < -0.39 is 11.6 Å². The van der Waals surface area contributed by atoms with Gasteiger partial charge in [0.15, 0.2) is 0 Å². The third-order valence-corrected chi connectivity index (χ3v) is 1.39. The molecule has 0 heterocycles. The van der Waals surface area contributed by atoms with Crippen LogP contribution in [-0.2, 0) is 4.79 Å². The van der Waals surface area contributed by atoms with Crippen LogP contribution < -0.4 is 5.73 Å². The average molecular weight is 174 g/mol. The average Bonchev–Trinajstić information content (AvgIpc) is 1.82. The number of likely N-dealkylation sites (N-methyl/N-ethyl adjacent to an activating group) is 1. The van der Waals surface area contributed by atoms with E-state index in [1.54, 1.807) is 27.8 Å². The maximum atomic E-state index is 11.2. The Bertz CT molecular complexity index is 161. The fraction of sp³-hybridized carbons (Fsp3) is 0.875. The highest BCUT2D eigenvalue weighted by Crippen LogP contribution is 2.03. The molecule has 3 N–H and O–H groups in total. The number of nitrogens with two attached hydrogens (primary N) is 1. The number of rotatable bonds is 3. The largest absolute Gasteiger partial charge is 0.389 e. The van der Waals surface area contributed by atoms with Crippen molar-refractivity contribution in [2.45, 2.75) is 32.4 Å². The molecule has 0 fully saturated rings. The standard InChI is InChI=1S/C8H18N2O2/c1-6(9)7(11)10(4)5-8(2,3)12/h6,12H,5,9H2,1-4H3/t6-/m0/s1. The minimum atomic E-state index is -0.862. The molecule has 0 unspecified atom stereocenters. The van der Waals surface area contributed by atoms with Gasteiger partial charge in [-0.25, -0.2) is 0 Å². The zero-order chi connectivity index (χ0) is 9.94. The molecule has 0 radical (unpaired) electrons. The Morgan fingerprint density at radius 2 is 2.08 bits per heavy atom. The molecule has 0 aliphatic rings. The van der Waals surface area contributed by atoms with E-state index in [0.717, 1.165) is 0 Å². The zero-order valence-electron chi connectivity index (χ0n) is 8.16. The number of hydrogen-bond donors (Lipinski definition) is 2. The first kappa shape index (κ1) is 11.4. The molecular formula is C8H18N2O2. The van der Waals surface area contributed by atoms with Crippen LogP contribution in [-0.4, -0.2) is 41.1 Å². The molecular weight excluding hydrogens is 156 g/mol. The summed E-state index contributed by atoms with van der Waals surface area (Å²) in [5.74, 6) is -0.155. The summed E-state index contributed by atoms with van der Waals surface area (Å²) in [6.45, 7) is 5.23. The lowest BCUT2D eigenvalue weighted by molar-refractivity contribution is -0.133. The summed E-state index contributed by atoms with van der Waals surface area (Å²) in [6, 6.07) is -0.502. The second-order valence-corrected chi connectivity index (χ2v) is 3.80. The molecule has 0 saturated heterocycles. The molecule has 0 aromatic rings. The van der Waals surface area contributed by atoms with Gasteiger partial charge in [-0.05, 0) is 20.8 Å². The molecule has 1 atom stereocenters. The van der Waals surface area contributed by atoms with Gasteiger partial charge in [0.05, 0.1) is 11.6 Å². The molecule has 4 heteroatoms. The third kappa shape index (κ3) is 4.31. The Hall–Kier alpha value is -0.610. The van der Waals surface area contributed by atoms with Gasteiger partial charge < -0.3 is 15.7 Å². The summed E-state index contributed by atoms with van der Waals surface area (Å²) in [7, 11) is 1.63. The summed E-state index contributed by atoms with van der Waals surface area (Å²) in [5, 5.41) is 9.38. The van der Waals surface area contributed by atoms with Crippen molar-refractivity contribution >= 4 is 5.91 Å². The molecule has 0 saturated carbocycles. The van der Waals surface area contributed by atoms with Gasteiger partial charge in [-0.1, -0.05) is 0 Å². The maximum Gasteiger partial charge on any atom is 0.239 e. The lowest BCUT2D eigenvalue weighted by Crippen LogP contribution is -2.45. The van der Waals surface area contributed by atoms with Crippen molar-refractivity contribution in [3.05, 3.63) is 0 Å². The van der Waals surface area contributed by atoms with Crippen molar-refractivity contribution in [1.29, 1.82) is 0 Å². The molecule has 0 rings (SSSR count). The van der Waals surface area contributed by atoms with Crippen LogP contribution >= 0.6 is 0 Å². The molecule has 1 amide bonds. The Labute approximate surface area is 73.3 Å². The van der Waals surface area contributed by atoms with E-state index in [0.29, 0.717) is 6.54 Å². The molecule has 4 nitrogen and oxygen atoms in total. The first-order valence-corrected chi connectivity index (χ1v) is 3.97. The second kappa shape index (κ2) is 3.87. The Morgan fingerprint density at radius 1 is 1.67 bits per heavy atom. The number of aliphatic hydroxyl groups is 1. The summed E-state index contributed by atoms with van der Waals surface area (Å²) >= 11 is 0. The first-order chi connectivity index (χ1) is 5.24. The molecule has 0 spiro atoms. The quantitative estimate of drug-likeness (QED) is 0.609. The predicted octanol–water partition coefficient (Wildman–Crippen LogP) is -0.437. The van der Waals surface area contributed by atoms with Crippen LogP contribution in [0.4, 0.5) is 0 Å². The van der Waals surface area contributed by atoms with Gasteiger partial charge in [-0.3, -0.25) is 4.79 Å².